The molecule has 0 bridgehead atoms. The first-order chi connectivity index (χ1) is 14.9. The van der Waals surface area contributed by atoms with Gasteiger partial charge in [-0.25, -0.2) is 8.42 Å². The molecule has 1 amide bonds. The van der Waals surface area contributed by atoms with E-state index in [1.165, 1.54) is 24.1 Å². The molecule has 0 atom stereocenters. The molecule has 0 radical (unpaired) electrons. The summed E-state index contributed by atoms with van der Waals surface area (Å²) < 4.78 is 37.4. The van der Waals surface area contributed by atoms with Gasteiger partial charge in [0, 0.05) is 39.3 Å². The third kappa shape index (κ3) is 5.96. The van der Waals surface area contributed by atoms with Crippen LogP contribution in [0.3, 0.4) is 0 Å². The van der Waals surface area contributed by atoms with Gasteiger partial charge in [-0.1, -0.05) is 36.4 Å². The van der Waals surface area contributed by atoms with Crippen molar-refractivity contribution in [1.82, 2.24) is 14.5 Å². The number of nitrogens with one attached hydrogen (secondary N) is 1. The van der Waals surface area contributed by atoms with Gasteiger partial charge in [0.15, 0.2) is 11.5 Å². The number of amides is 1. The van der Waals surface area contributed by atoms with Gasteiger partial charge >= 0.3 is 0 Å². The summed E-state index contributed by atoms with van der Waals surface area (Å²) >= 11 is 0. The number of sulfonamides is 1. The molecule has 0 aliphatic carbocycles. The molecule has 2 aromatic rings. The third-order valence-electron chi connectivity index (χ3n) is 5.27. The van der Waals surface area contributed by atoms with Crippen LogP contribution in [0.5, 0.6) is 11.5 Å². The molecule has 0 aromatic heterocycles. The Labute approximate surface area is 183 Å². The van der Waals surface area contributed by atoms with E-state index in [1.54, 1.807) is 18.2 Å². The molecule has 3 rings (SSSR count). The Hall–Kier alpha value is -2.62. The van der Waals surface area contributed by atoms with E-state index >= 15 is 0 Å². The number of piperazine rings is 1. The predicted octanol–water partition coefficient (Wildman–Crippen LogP) is 1.58. The van der Waals surface area contributed by atoms with Crippen LogP contribution < -0.4 is 14.8 Å². The van der Waals surface area contributed by atoms with Crippen molar-refractivity contribution in [3.63, 3.8) is 0 Å². The second-order valence-corrected chi connectivity index (χ2v) is 9.36. The molecule has 1 N–H and O–H groups in total. The van der Waals surface area contributed by atoms with Crippen molar-refractivity contribution in [2.75, 3.05) is 52.7 Å². The van der Waals surface area contributed by atoms with Crippen molar-refractivity contribution in [3.8, 4) is 11.5 Å². The number of carbonyl (C=O) groups excluding carboxylic acids is 1. The Morgan fingerprint density at radius 1 is 0.968 bits per heavy atom. The topological polar surface area (TPSA) is 88.2 Å². The maximum absolute atomic E-state index is 12.7. The molecule has 1 fully saturated rings. The molecule has 8 nitrogen and oxygen atoms in total. The third-order valence-corrected chi connectivity index (χ3v) is 7.14. The Morgan fingerprint density at radius 2 is 1.68 bits per heavy atom. The van der Waals surface area contributed by atoms with Gasteiger partial charge in [-0.2, -0.15) is 4.31 Å². The highest BCUT2D eigenvalue weighted by atomic mass is 32.2. The van der Waals surface area contributed by atoms with Gasteiger partial charge in [0.2, 0.25) is 10.0 Å². The van der Waals surface area contributed by atoms with Gasteiger partial charge in [0.05, 0.1) is 25.5 Å². The number of hydrogen-bond donors (Lipinski definition) is 1. The number of para-hydroxylation sites is 1. The summed E-state index contributed by atoms with van der Waals surface area (Å²) in [5.41, 5.74) is 1.52. The number of rotatable bonds is 9. The predicted molar refractivity (Wildman–Crippen MR) is 119 cm³/mol. The quantitative estimate of drug-likeness (QED) is 0.628. The fraction of sp³-hybridized carbons (Fsp3) is 0.409. The van der Waals surface area contributed by atoms with Crippen molar-refractivity contribution < 1.29 is 22.7 Å². The Morgan fingerprint density at radius 3 is 2.32 bits per heavy atom. The van der Waals surface area contributed by atoms with Crippen LogP contribution in [0.1, 0.15) is 15.9 Å². The fourth-order valence-electron chi connectivity index (χ4n) is 3.59. The Kier molecular flexibility index (Phi) is 7.89. The molecule has 0 unspecified atom stereocenters. The van der Waals surface area contributed by atoms with Crippen molar-refractivity contribution in [2.45, 2.75) is 6.54 Å². The van der Waals surface area contributed by atoms with E-state index in [0.29, 0.717) is 43.2 Å². The monoisotopic (exact) mass is 447 g/mol. The van der Waals surface area contributed by atoms with Gasteiger partial charge in [-0.15, -0.1) is 0 Å². The van der Waals surface area contributed by atoms with Crippen LogP contribution in [0.15, 0.2) is 48.5 Å². The molecule has 9 heteroatoms. The molecule has 1 heterocycles. The molecular weight excluding hydrogens is 418 g/mol. The SMILES string of the molecule is COc1cccc(C(=O)NCCS(=O)(=O)N2CCN(Cc3ccccc3)CC2)c1OC. The molecule has 0 spiro atoms. The average molecular weight is 448 g/mol. The highest BCUT2D eigenvalue weighted by Crippen LogP contribution is 2.30. The van der Waals surface area contributed by atoms with Crippen LogP contribution in [-0.2, 0) is 16.6 Å². The molecule has 1 aliphatic rings. The van der Waals surface area contributed by atoms with Gasteiger partial charge in [0.25, 0.3) is 5.91 Å². The van der Waals surface area contributed by atoms with E-state index in [2.05, 4.69) is 22.3 Å². The van der Waals surface area contributed by atoms with Crippen molar-refractivity contribution in [3.05, 3.63) is 59.7 Å². The van der Waals surface area contributed by atoms with E-state index in [-0.39, 0.29) is 12.3 Å². The molecule has 31 heavy (non-hydrogen) atoms. The number of nitrogens with zero attached hydrogens (tertiary/aromatic N) is 2. The molecule has 1 saturated heterocycles. The number of carbonyl (C=O) groups is 1. The highest BCUT2D eigenvalue weighted by molar-refractivity contribution is 7.89. The maximum Gasteiger partial charge on any atom is 0.255 e. The second kappa shape index (κ2) is 10.6. The number of benzene rings is 2. The second-order valence-electron chi connectivity index (χ2n) is 7.27. The first-order valence-corrected chi connectivity index (χ1v) is 11.8. The molecule has 1 aliphatic heterocycles. The van der Waals surface area contributed by atoms with E-state index in [0.717, 1.165) is 6.54 Å². The summed E-state index contributed by atoms with van der Waals surface area (Å²) in [6.45, 7) is 3.10. The smallest absolute Gasteiger partial charge is 0.255 e. The maximum atomic E-state index is 12.7. The van der Waals surface area contributed by atoms with Crippen LogP contribution in [0, 0.1) is 0 Å². The zero-order valence-corrected chi connectivity index (χ0v) is 18.7. The van der Waals surface area contributed by atoms with Gasteiger partial charge in [-0.05, 0) is 17.7 Å². The minimum atomic E-state index is -3.45. The zero-order chi connectivity index (χ0) is 22.3. The lowest BCUT2D eigenvalue weighted by atomic mass is 10.1. The lowest BCUT2D eigenvalue weighted by Crippen LogP contribution is -2.49. The summed E-state index contributed by atoms with van der Waals surface area (Å²) in [6, 6.07) is 15.1. The highest BCUT2D eigenvalue weighted by Gasteiger charge is 2.27. The van der Waals surface area contributed by atoms with Crippen LogP contribution in [0.25, 0.3) is 0 Å². The van der Waals surface area contributed by atoms with Gasteiger partial charge in [-0.3, -0.25) is 9.69 Å². The van der Waals surface area contributed by atoms with E-state index in [1.807, 2.05) is 18.2 Å². The lowest BCUT2D eigenvalue weighted by molar-refractivity contribution is 0.0952. The molecule has 168 valence electrons. The largest absolute Gasteiger partial charge is 0.493 e. The van der Waals surface area contributed by atoms with Gasteiger partial charge in [0.1, 0.15) is 0 Å². The molecular formula is C22H29N3O5S. The first kappa shape index (κ1) is 23.1. The van der Waals surface area contributed by atoms with Gasteiger partial charge < -0.3 is 14.8 Å². The lowest BCUT2D eigenvalue weighted by Gasteiger charge is -2.34. The van der Waals surface area contributed by atoms with Crippen LogP contribution >= 0.6 is 0 Å². The average Bonchev–Trinajstić information content (AvgIpc) is 2.79. The summed E-state index contributed by atoms with van der Waals surface area (Å²) in [5.74, 6) is 0.207. The van der Waals surface area contributed by atoms with E-state index in [9.17, 15) is 13.2 Å². The standard InChI is InChI=1S/C22H29N3O5S/c1-29-20-10-6-9-19(21(20)30-2)22(26)23-11-16-31(27,28)25-14-12-24(13-15-25)17-18-7-4-3-5-8-18/h3-10H,11-17H2,1-2H3,(H,23,26). The minimum absolute atomic E-state index is 0.0196. The van der Waals surface area contributed by atoms with E-state index in [4.69, 9.17) is 9.47 Å². The normalized spacial score (nSPS) is 15.4. The number of methoxy groups -OCH3 is 2. The van der Waals surface area contributed by atoms with Crippen LogP contribution in [0.2, 0.25) is 0 Å². The number of ether oxygens (including phenoxy) is 2. The summed E-state index contributed by atoms with van der Waals surface area (Å²) in [6.07, 6.45) is 0. The summed E-state index contributed by atoms with van der Waals surface area (Å²) in [7, 11) is -0.503. The summed E-state index contributed by atoms with van der Waals surface area (Å²) in [5, 5.41) is 2.67. The number of hydrogen-bond acceptors (Lipinski definition) is 6. The zero-order valence-electron chi connectivity index (χ0n) is 17.9. The molecule has 2 aromatic carbocycles. The van der Waals surface area contributed by atoms with Crippen molar-refractivity contribution in [2.24, 2.45) is 0 Å². The summed E-state index contributed by atoms with van der Waals surface area (Å²) in [4.78, 5) is 14.8. The Balaban J connectivity index is 1.49. The minimum Gasteiger partial charge on any atom is -0.493 e. The van der Waals surface area contributed by atoms with Crippen LogP contribution in [-0.4, -0.2) is 76.2 Å². The fourth-order valence-corrected chi connectivity index (χ4v) is 4.93. The van der Waals surface area contributed by atoms with Crippen LogP contribution in [0.4, 0.5) is 0 Å². The Bertz CT molecular complexity index is 974. The first-order valence-electron chi connectivity index (χ1n) is 10.2. The van der Waals surface area contributed by atoms with Crippen molar-refractivity contribution >= 4 is 15.9 Å². The molecule has 0 saturated carbocycles. The van der Waals surface area contributed by atoms with Crippen molar-refractivity contribution in [1.29, 1.82) is 0 Å². The van der Waals surface area contributed by atoms with E-state index < -0.39 is 15.9 Å².